The Hall–Kier alpha value is -1.77. The number of hydrogen-bond donors (Lipinski definition) is 3. The van der Waals surface area contributed by atoms with Gasteiger partial charge >= 0.3 is 6.03 Å². The highest BCUT2D eigenvalue weighted by molar-refractivity contribution is 7.78. The molecule has 8 heteroatoms. The number of nitrogens with one attached hydrogen (secondary N) is 1. The van der Waals surface area contributed by atoms with Crippen LogP contribution in [0.2, 0.25) is 0 Å². The largest absolute Gasteiger partial charge is 0.386 e. The predicted octanol–water partition coefficient (Wildman–Crippen LogP) is 4.73. The first-order valence-electron chi connectivity index (χ1n) is 10.0. The lowest BCUT2D eigenvalue weighted by atomic mass is 10.0. The van der Waals surface area contributed by atoms with E-state index in [-0.39, 0.29) is 0 Å². The van der Waals surface area contributed by atoms with Crippen LogP contribution in [0.25, 0.3) is 0 Å². The molecule has 2 aromatic heterocycles. The van der Waals surface area contributed by atoms with Crippen LogP contribution in [0.15, 0.2) is 20.0 Å². The van der Waals surface area contributed by atoms with Crippen LogP contribution >= 0.6 is 11.3 Å². The van der Waals surface area contributed by atoms with Gasteiger partial charge < -0.3 is 10.4 Å². The highest BCUT2D eigenvalue weighted by atomic mass is 32.2. The molecular weight excluding hydrogens is 406 g/mol. The number of anilines is 1. The Bertz CT molecular complexity index is 1030. The van der Waals surface area contributed by atoms with Crippen molar-refractivity contribution >= 4 is 33.7 Å². The van der Waals surface area contributed by atoms with Gasteiger partial charge in [0.1, 0.15) is 0 Å². The van der Waals surface area contributed by atoms with Crippen LogP contribution in [-0.2, 0) is 29.0 Å². The summed E-state index contributed by atoms with van der Waals surface area (Å²) in [5.41, 5.74) is 4.91. The molecule has 0 fully saturated rings. The van der Waals surface area contributed by atoms with Crippen molar-refractivity contribution in [3.05, 3.63) is 39.5 Å². The molecule has 2 aliphatic rings. The summed E-state index contributed by atoms with van der Waals surface area (Å²) in [6.07, 6.45) is 3.85. The Balaban J connectivity index is 1.63. The number of thiol groups is 1. The van der Waals surface area contributed by atoms with Gasteiger partial charge in [0.05, 0.1) is 26.1 Å². The molecule has 2 aromatic rings. The SMILES string of the molecule is CC1CCc2c1nc1c(c2NC(=O)/N=[SH](=O)/c2cc(C(C)(C)O)cs2)CCC1C. The van der Waals surface area contributed by atoms with E-state index in [2.05, 4.69) is 23.5 Å². The maximum Gasteiger partial charge on any atom is 0.353 e. The zero-order valence-electron chi connectivity index (χ0n) is 17.2. The lowest BCUT2D eigenvalue weighted by Gasteiger charge is -2.16. The number of aliphatic hydroxyl groups is 1. The highest BCUT2D eigenvalue weighted by Crippen LogP contribution is 2.44. The van der Waals surface area contributed by atoms with Gasteiger partial charge in [-0.25, -0.2) is 9.00 Å². The van der Waals surface area contributed by atoms with Gasteiger partial charge in [-0.2, -0.15) is 0 Å². The van der Waals surface area contributed by atoms with Crippen LogP contribution < -0.4 is 5.32 Å². The van der Waals surface area contributed by atoms with E-state index in [1.807, 2.05) is 0 Å². The molecule has 0 aromatic carbocycles. The van der Waals surface area contributed by atoms with Gasteiger partial charge in [-0.1, -0.05) is 13.8 Å². The number of fused-ring (bicyclic) bond motifs is 2. The molecule has 3 unspecified atom stereocenters. The van der Waals surface area contributed by atoms with Gasteiger partial charge in [0.15, 0.2) is 0 Å². The van der Waals surface area contributed by atoms with Crippen LogP contribution in [0.3, 0.4) is 0 Å². The average Bonchev–Trinajstić information content (AvgIpc) is 3.35. The third-order valence-corrected chi connectivity index (χ3v) is 8.33. The third kappa shape index (κ3) is 3.85. The van der Waals surface area contributed by atoms with E-state index in [0.717, 1.165) is 53.9 Å². The zero-order valence-corrected chi connectivity index (χ0v) is 18.9. The highest BCUT2D eigenvalue weighted by Gasteiger charge is 2.32. The van der Waals surface area contributed by atoms with Crippen molar-refractivity contribution in [3.8, 4) is 0 Å². The Labute approximate surface area is 177 Å². The first-order chi connectivity index (χ1) is 13.6. The van der Waals surface area contributed by atoms with Gasteiger partial charge in [0.2, 0.25) is 0 Å². The molecule has 4 rings (SSSR count). The summed E-state index contributed by atoms with van der Waals surface area (Å²) in [7, 11) is -2.21. The molecule has 29 heavy (non-hydrogen) atoms. The fourth-order valence-corrected chi connectivity index (χ4v) is 6.18. The topological polar surface area (TPSA) is 91.7 Å². The Morgan fingerprint density at radius 2 is 1.83 bits per heavy atom. The van der Waals surface area contributed by atoms with Crippen LogP contribution in [0.1, 0.15) is 80.5 Å². The Morgan fingerprint density at radius 1 is 1.24 bits per heavy atom. The zero-order chi connectivity index (χ0) is 20.9. The molecule has 0 aliphatic heterocycles. The number of carbonyl (C=O) groups is 1. The van der Waals surface area contributed by atoms with Gasteiger partial charge in [-0.15, -0.1) is 15.7 Å². The molecule has 2 heterocycles. The predicted molar refractivity (Wildman–Crippen MR) is 117 cm³/mol. The number of pyridine rings is 1. The molecule has 0 saturated heterocycles. The summed E-state index contributed by atoms with van der Waals surface area (Å²) in [6, 6.07) is 1.07. The molecule has 2 amide bonds. The number of nitrogens with zero attached hydrogens (tertiary/aromatic N) is 2. The van der Waals surface area contributed by atoms with Crippen LogP contribution in [0, 0.1) is 0 Å². The second kappa shape index (κ2) is 7.49. The van der Waals surface area contributed by atoms with E-state index in [1.54, 1.807) is 25.3 Å². The minimum atomic E-state index is -2.21. The maximum atomic E-state index is 12.6. The average molecular weight is 434 g/mol. The van der Waals surface area contributed by atoms with E-state index >= 15 is 0 Å². The second-order valence-electron chi connectivity index (χ2n) is 8.63. The smallest absolute Gasteiger partial charge is 0.353 e. The van der Waals surface area contributed by atoms with Crippen molar-refractivity contribution in [2.24, 2.45) is 4.36 Å². The summed E-state index contributed by atoms with van der Waals surface area (Å²) >= 11 is 1.25. The number of rotatable bonds is 3. The standard InChI is InChI=1S/C21H27N3O3S2/c1-11-5-7-14-17(11)22-18-12(2)6-8-15(18)19(14)23-20(25)24-29(27)16-9-13(10-28-16)21(3,4)26/h9-12,26,29H,5-8H2,1-4H3,(H,22,23,25). The number of aromatic nitrogens is 1. The summed E-state index contributed by atoms with van der Waals surface area (Å²) in [6.45, 7) is 7.69. The van der Waals surface area contributed by atoms with Crippen molar-refractivity contribution in [1.29, 1.82) is 0 Å². The second-order valence-corrected chi connectivity index (χ2v) is 11.1. The van der Waals surface area contributed by atoms with Gasteiger partial charge in [0, 0.05) is 11.4 Å². The molecule has 3 atom stereocenters. The molecule has 156 valence electrons. The maximum absolute atomic E-state index is 12.6. The quantitative estimate of drug-likeness (QED) is 0.611. The molecule has 2 N–H and O–H groups in total. The number of amides is 2. The van der Waals surface area contributed by atoms with Crippen LogP contribution in [0.4, 0.5) is 10.5 Å². The fraction of sp³-hybridized carbons (Fsp3) is 0.524. The molecule has 0 radical (unpaired) electrons. The van der Waals surface area contributed by atoms with Crippen molar-refractivity contribution in [2.45, 2.75) is 75.0 Å². The third-order valence-electron chi connectivity index (χ3n) is 5.95. The summed E-state index contributed by atoms with van der Waals surface area (Å²) < 4.78 is 17.0. The van der Waals surface area contributed by atoms with Crippen molar-refractivity contribution in [3.63, 3.8) is 0 Å². The number of thiophene rings is 1. The van der Waals surface area contributed by atoms with E-state index < -0.39 is 22.2 Å². The van der Waals surface area contributed by atoms with Gasteiger partial charge in [-0.05, 0) is 79.5 Å². The van der Waals surface area contributed by atoms with Crippen LogP contribution in [-0.4, -0.2) is 20.3 Å². The number of carbonyl (C=O) groups excluding carboxylic acids is 1. The minimum absolute atomic E-state index is 0.388. The molecule has 0 spiro atoms. The molecule has 6 nitrogen and oxygen atoms in total. The molecular formula is C21H27N3O3S2. The van der Waals surface area contributed by atoms with Crippen molar-refractivity contribution in [1.82, 2.24) is 4.98 Å². The van der Waals surface area contributed by atoms with Gasteiger partial charge in [-0.3, -0.25) is 4.98 Å². The lowest BCUT2D eigenvalue weighted by Crippen LogP contribution is -2.14. The molecule has 0 saturated carbocycles. The normalized spacial score (nSPS) is 21.8. The molecule has 0 bridgehead atoms. The van der Waals surface area contributed by atoms with E-state index in [0.29, 0.717) is 21.6 Å². The fourth-order valence-electron chi connectivity index (χ4n) is 4.18. The van der Waals surface area contributed by atoms with E-state index in [9.17, 15) is 14.1 Å². The summed E-state index contributed by atoms with van der Waals surface area (Å²) in [5.74, 6) is 0.775. The summed E-state index contributed by atoms with van der Waals surface area (Å²) in [4.78, 5) is 17.6. The lowest BCUT2D eigenvalue weighted by molar-refractivity contribution is 0.0789. The first-order valence-corrected chi connectivity index (χ1v) is 12.1. The number of hydrogen-bond acceptors (Lipinski definition) is 5. The van der Waals surface area contributed by atoms with Gasteiger partial charge in [0.25, 0.3) is 0 Å². The van der Waals surface area contributed by atoms with Crippen LogP contribution in [0.5, 0.6) is 0 Å². The first kappa shape index (κ1) is 20.5. The van der Waals surface area contributed by atoms with E-state index in [1.165, 1.54) is 11.3 Å². The minimum Gasteiger partial charge on any atom is -0.386 e. The monoisotopic (exact) mass is 433 g/mol. The molecule has 2 aliphatic carbocycles. The van der Waals surface area contributed by atoms with E-state index in [4.69, 9.17) is 4.98 Å². The van der Waals surface area contributed by atoms with Crippen molar-refractivity contribution < 1.29 is 14.1 Å². The summed E-state index contributed by atoms with van der Waals surface area (Å²) in [5, 5.41) is 14.8. The Morgan fingerprint density at radius 3 is 2.34 bits per heavy atom. The number of urea groups is 1. The van der Waals surface area contributed by atoms with Crippen molar-refractivity contribution in [2.75, 3.05) is 5.32 Å². The Kier molecular flexibility index (Phi) is 5.29.